The van der Waals surface area contributed by atoms with Gasteiger partial charge in [-0.25, -0.2) is 10.6 Å². The van der Waals surface area contributed by atoms with Crippen LogP contribution in [0.3, 0.4) is 0 Å². The third kappa shape index (κ3) is 4.96. The Kier molecular flexibility index (Phi) is 4.66. The molecule has 0 rings (SSSR count). The Bertz CT molecular complexity index is 145. The largest absolute Gasteiger partial charge is 0.337 e. The maximum atomic E-state index is 10.7. The van der Waals surface area contributed by atoms with Gasteiger partial charge in [-0.2, -0.15) is 0 Å². The Morgan fingerprint density at radius 1 is 1.50 bits per heavy atom. The number of urea groups is 1. The summed E-state index contributed by atoms with van der Waals surface area (Å²) in [7, 11) is 0. The Labute approximate surface area is 73.9 Å². The van der Waals surface area contributed by atoms with Crippen molar-refractivity contribution in [3.8, 4) is 0 Å². The number of hydrogen-bond acceptors (Lipinski definition) is 2. The summed E-state index contributed by atoms with van der Waals surface area (Å²) in [6, 6.07) is -0.320. The Hall–Kier alpha value is -0.770. The molecule has 2 amide bonds. The molecule has 0 saturated heterocycles. The minimum atomic E-state index is -0.320. The van der Waals surface area contributed by atoms with Crippen LogP contribution >= 0.6 is 0 Å². The van der Waals surface area contributed by atoms with Crippen LogP contribution in [-0.4, -0.2) is 12.6 Å². The van der Waals surface area contributed by atoms with E-state index in [1.807, 2.05) is 5.43 Å². The molecule has 0 aromatic heterocycles. The average Bonchev–Trinajstić information content (AvgIpc) is 2.00. The van der Waals surface area contributed by atoms with E-state index in [0.717, 1.165) is 12.8 Å². The zero-order valence-electron chi connectivity index (χ0n) is 8.11. The topological polar surface area (TPSA) is 67.2 Å². The highest BCUT2D eigenvalue weighted by Gasteiger charge is 2.16. The normalized spacial score (nSPS) is 11.0. The molecule has 0 aliphatic heterocycles. The molecular weight excluding hydrogens is 154 g/mol. The first-order chi connectivity index (χ1) is 5.52. The number of hydrogen-bond donors (Lipinski definition) is 3. The maximum Gasteiger partial charge on any atom is 0.328 e. The second-order valence-electron chi connectivity index (χ2n) is 3.74. The van der Waals surface area contributed by atoms with Crippen LogP contribution in [0.15, 0.2) is 0 Å². The van der Waals surface area contributed by atoms with E-state index < -0.39 is 0 Å². The molecule has 0 bridgehead atoms. The van der Waals surface area contributed by atoms with Crippen molar-refractivity contribution in [2.24, 2.45) is 11.3 Å². The van der Waals surface area contributed by atoms with Crippen molar-refractivity contribution in [3.05, 3.63) is 0 Å². The van der Waals surface area contributed by atoms with Crippen molar-refractivity contribution in [2.45, 2.75) is 33.6 Å². The third-order valence-electron chi connectivity index (χ3n) is 1.79. The molecule has 0 atom stereocenters. The van der Waals surface area contributed by atoms with Crippen molar-refractivity contribution in [1.82, 2.24) is 10.7 Å². The molecule has 12 heavy (non-hydrogen) atoms. The van der Waals surface area contributed by atoms with Crippen LogP contribution in [0.1, 0.15) is 33.6 Å². The fourth-order valence-electron chi connectivity index (χ4n) is 1.14. The molecule has 0 fully saturated rings. The fourth-order valence-corrected chi connectivity index (χ4v) is 1.14. The Morgan fingerprint density at radius 2 is 2.08 bits per heavy atom. The summed E-state index contributed by atoms with van der Waals surface area (Å²) in [6.07, 6.45) is 2.22. The van der Waals surface area contributed by atoms with Gasteiger partial charge in [0, 0.05) is 6.54 Å². The third-order valence-corrected chi connectivity index (χ3v) is 1.79. The molecule has 0 aromatic rings. The lowest BCUT2D eigenvalue weighted by molar-refractivity contribution is 0.232. The van der Waals surface area contributed by atoms with E-state index in [2.05, 4.69) is 26.1 Å². The van der Waals surface area contributed by atoms with Gasteiger partial charge in [0.1, 0.15) is 0 Å². The van der Waals surface area contributed by atoms with E-state index >= 15 is 0 Å². The van der Waals surface area contributed by atoms with Crippen molar-refractivity contribution in [1.29, 1.82) is 0 Å². The number of amides is 2. The second-order valence-corrected chi connectivity index (χ2v) is 3.74. The van der Waals surface area contributed by atoms with Gasteiger partial charge in [-0.05, 0) is 11.8 Å². The van der Waals surface area contributed by atoms with Gasteiger partial charge < -0.3 is 5.32 Å². The van der Waals surface area contributed by atoms with Crippen molar-refractivity contribution < 1.29 is 4.79 Å². The van der Waals surface area contributed by atoms with Gasteiger partial charge in [-0.3, -0.25) is 5.43 Å². The summed E-state index contributed by atoms with van der Waals surface area (Å²) < 4.78 is 0. The molecule has 0 aliphatic carbocycles. The number of nitrogens with two attached hydrogens (primary N) is 1. The molecule has 4 heteroatoms. The first-order valence-electron chi connectivity index (χ1n) is 4.26. The Balaban J connectivity index is 3.67. The second kappa shape index (κ2) is 4.98. The Morgan fingerprint density at radius 3 is 2.50 bits per heavy atom. The molecule has 4 N–H and O–H groups in total. The van der Waals surface area contributed by atoms with E-state index in [9.17, 15) is 4.79 Å². The van der Waals surface area contributed by atoms with E-state index in [-0.39, 0.29) is 11.4 Å². The molecule has 72 valence electrons. The first-order valence-corrected chi connectivity index (χ1v) is 4.26. The predicted molar refractivity (Wildman–Crippen MR) is 49.4 cm³/mol. The number of nitrogens with one attached hydrogen (secondary N) is 2. The highest BCUT2D eigenvalue weighted by molar-refractivity contribution is 5.73. The summed E-state index contributed by atoms with van der Waals surface area (Å²) in [5.74, 6) is 4.91. The minimum absolute atomic E-state index is 0.154. The summed E-state index contributed by atoms with van der Waals surface area (Å²) in [5.41, 5.74) is 2.18. The number of carbonyl (C=O) groups excluding carboxylic acids is 1. The van der Waals surface area contributed by atoms with Gasteiger partial charge in [-0.15, -0.1) is 0 Å². The van der Waals surface area contributed by atoms with Gasteiger partial charge in [0.05, 0.1) is 0 Å². The summed E-state index contributed by atoms with van der Waals surface area (Å²) in [4.78, 5) is 10.7. The van der Waals surface area contributed by atoms with E-state index in [1.165, 1.54) is 0 Å². The summed E-state index contributed by atoms with van der Waals surface area (Å²) in [6.45, 7) is 7.02. The first kappa shape index (κ1) is 11.2. The van der Waals surface area contributed by atoms with E-state index in [1.54, 1.807) is 0 Å². The number of carbonyl (C=O) groups is 1. The van der Waals surface area contributed by atoms with Crippen LogP contribution in [0.2, 0.25) is 0 Å². The lowest BCUT2D eigenvalue weighted by atomic mass is 9.88. The lowest BCUT2D eigenvalue weighted by Gasteiger charge is -2.23. The summed E-state index contributed by atoms with van der Waals surface area (Å²) >= 11 is 0. The number of hydrazine groups is 1. The zero-order chi connectivity index (χ0) is 9.61. The fraction of sp³-hybridized carbons (Fsp3) is 0.875. The van der Waals surface area contributed by atoms with E-state index in [0.29, 0.717) is 6.54 Å². The molecule has 4 nitrogen and oxygen atoms in total. The van der Waals surface area contributed by atoms with Gasteiger partial charge in [-0.1, -0.05) is 27.2 Å². The summed E-state index contributed by atoms with van der Waals surface area (Å²) in [5, 5.41) is 2.68. The predicted octanol–water partition coefficient (Wildman–Crippen LogP) is 0.986. The van der Waals surface area contributed by atoms with Crippen molar-refractivity contribution in [2.75, 3.05) is 6.54 Å². The van der Waals surface area contributed by atoms with Crippen LogP contribution < -0.4 is 16.6 Å². The molecule has 0 aliphatic rings. The smallest absolute Gasteiger partial charge is 0.328 e. The van der Waals surface area contributed by atoms with Gasteiger partial charge in [0.25, 0.3) is 0 Å². The SMILES string of the molecule is CCCC(C)(C)CNC(=O)NN. The van der Waals surface area contributed by atoms with Crippen LogP contribution in [0.25, 0.3) is 0 Å². The van der Waals surface area contributed by atoms with E-state index in [4.69, 9.17) is 5.84 Å². The van der Waals surface area contributed by atoms with Gasteiger partial charge in [0.15, 0.2) is 0 Å². The zero-order valence-corrected chi connectivity index (χ0v) is 8.11. The highest BCUT2D eigenvalue weighted by Crippen LogP contribution is 2.20. The maximum absolute atomic E-state index is 10.7. The van der Waals surface area contributed by atoms with Crippen molar-refractivity contribution in [3.63, 3.8) is 0 Å². The van der Waals surface area contributed by atoms with Crippen LogP contribution in [-0.2, 0) is 0 Å². The van der Waals surface area contributed by atoms with Gasteiger partial charge in [0.2, 0.25) is 0 Å². The van der Waals surface area contributed by atoms with Crippen LogP contribution in [0.5, 0.6) is 0 Å². The molecule has 0 unspecified atom stereocenters. The highest BCUT2D eigenvalue weighted by atomic mass is 16.2. The molecule has 0 aromatic carbocycles. The molecule has 0 spiro atoms. The monoisotopic (exact) mass is 173 g/mol. The number of rotatable bonds is 4. The molecular formula is C8H19N3O. The van der Waals surface area contributed by atoms with Crippen LogP contribution in [0, 0.1) is 5.41 Å². The van der Waals surface area contributed by atoms with Crippen LogP contribution in [0.4, 0.5) is 4.79 Å². The standard InChI is InChI=1S/C8H19N3O/c1-4-5-8(2,3)6-10-7(12)11-9/h4-6,9H2,1-3H3,(H2,10,11,12). The molecule has 0 heterocycles. The quantitative estimate of drug-likeness (QED) is 0.337. The minimum Gasteiger partial charge on any atom is -0.337 e. The lowest BCUT2D eigenvalue weighted by Crippen LogP contribution is -2.43. The molecule has 0 radical (unpaired) electrons. The van der Waals surface area contributed by atoms with Crippen molar-refractivity contribution >= 4 is 6.03 Å². The molecule has 0 saturated carbocycles. The van der Waals surface area contributed by atoms with Gasteiger partial charge >= 0.3 is 6.03 Å². The average molecular weight is 173 g/mol.